The molecule has 7 nitrogen and oxygen atoms in total. The smallest absolute Gasteiger partial charge is 0.249 e. The van der Waals surface area contributed by atoms with Crippen LogP contribution in [0.4, 0.5) is 5.69 Å². The average Bonchev–Trinajstić information content (AvgIpc) is 3.13. The minimum atomic E-state index is -0.735. The highest BCUT2D eigenvalue weighted by molar-refractivity contribution is 6.01. The van der Waals surface area contributed by atoms with Gasteiger partial charge in [0.15, 0.2) is 0 Å². The first-order valence-electron chi connectivity index (χ1n) is 8.96. The monoisotopic (exact) mass is 359 g/mol. The number of para-hydroxylation sites is 1. The second-order valence-corrected chi connectivity index (χ2v) is 7.20. The first-order chi connectivity index (χ1) is 12.3. The Morgan fingerprint density at radius 2 is 1.96 bits per heavy atom. The summed E-state index contributed by atoms with van der Waals surface area (Å²) >= 11 is 0. The Kier molecular flexibility index (Phi) is 5.00. The number of aliphatic hydroxyl groups excluding tert-OH is 1. The second kappa shape index (κ2) is 7.07. The molecule has 1 aromatic carbocycles. The Morgan fingerprint density at radius 3 is 2.65 bits per heavy atom. The Balaban J connectivity index is 1.70. The minimum Gasteiger partial charge on any atom is -0.391 e. The highest BCUT2D eigenvalue weighted by Gasteiger charge is 2.39. The lowest BCUT2D eigenvalue weighted by Gasteiger charge is -2.28. The van der Waals surface area contributed by atoms with Crippen LogP contribution in [-0.2, 0) is 20.8 Å². The molecular formula is C19H25N3O4. The van der Waals surface area contributed by atoms with E-state index in [4.69, 9.17) is 0 Å². The van der Waals surface area contributed by atoms with Gasteiger partial charge in [-0.2, -0.15) is 0 Å². The van der Waals surface area contributed by atoms with Gasteiger partial charge in [-0.15, -0.1) is 0 Å². The summed E-state index contributed by atoms with van der Waals surface area (Å²) in [5.41, 5.74) is 2.00. The summed E-state index contributed by atoms with van der Waals surface area (Å²) in [6.45, 7) is 5.15. The molecule has 7 heteroatoms. The lowest BCUT2D eigenvalue weighted by molar-refractivity contribution is -0.137. The number of β-amino-alcohol motifs (C(OH)–C–C–N with tert-alkyl or cyclic N) is 1. The number of benzene rings is 1. The van der Waals surface area contributed by atoms with E-state index >= 15 is 0 Å². The average molecular weight is 359 g/mol. The van der Waals surface area contributed by atoms with Crippen LogP contribution in [0.25, 0.3) is 0 Å². The summed E-state index contributed by atoms with van der Waals surface area (Å²) in [5, 5.41) is 12.5. The summed E-state index contributed by atoms with van der Waals surface area (Å²) < 4.78 is 0. The first kappa shape index (κ1) is 18.4. The zero-order valence-electron chi connectivity index (χ0n) is 15.3. The molecule has 3 amide bonds. The van der Waals surface area contributed by atoms with Gasteiger partial charge in [0.2, 0.25) is 17.7 Å². The van der Waals surface area contributed by atoms with Crippen LogP contribution in [-0.4, -0.2) is 58.5 Å². The lowest BCUT2D eigenvalue weighted by atomic mass is 10.1. The van der Waals surface area contributed by atoms with E-state index in [0.29, 0.717) is 0 Å². The van der Waals surface area contributed by atoms with Gasteiger partial charge in [-0.25, -0.2) is 0 Å². The number of nitrogens with zero attached hydrogens (tertiary/aromatic N) is 2. The van der Waals surface area contributed by atoms with Gasteiger partial charge in [-0.3, -0.25) is 14.4 Å². The molecule has 2 unspecified atom stereocenters. The van der Waals surface area contributed by atoms with Crippen LogP contribution in [0.5, 0.6) is 0 Å². The van der Waals surface area contributed by atoms with Gasteiger partial charge in [0, 0.05) is 31.6 Å². The SMILES string of the molecule is CC(=O)N1C[C@@H](O)C[C@@H]1C(=O)NC(C)C(=O)N1c2ccccc2CC1C. The van der Waals surface area contributed by atoms with Gasteiger partial charge in [-0.05, 0) is 31.9 Å². The van der Waals surface area contributed by atoms with Gasteiger partial charge < -0.3 is 20.2 Å². The predicted molar refractivity (Wildman–Crippen MR) is 96.5 cm³/mol. The molecule has 3 rings (SSSR count). The normalized spacial score (nSPS) is 25.8. The van der Waals surface area contributed by atoms with Crippen LogP contribution in [0.15, 0.2) is 24.3 Å². The van der Waals surface area contributed by atoms with Crippen LogP contribution in [0.2, 0.25) is 0 Å². The van der Waals surface area contributed by atoms with Crippen molar-refractivity contribution in [3.63, 3.8) is 0 Å². The molecule has 1 aromatic rings. The topological polar surface area (TPSA) is 90.0 Å². The maximum absolute atomic E-state index is 12.9. The number of amides is 3. The molecule has 2 aliphatic rings. The third kappa shape index (κ3) is 3.31. The van der Waals surface area contributed by atoms with Crippen molar-refractivity contribution in [3.8, 4) is 0 Å². The molecule has 1 fully saturated rings. The molecular weight excluding hydrogens is 334 g/mol. The van der Waals surface area contributed by atoms with E-state index < -0.39 is 24.1 Å². The summed E-state index contributed by atoms with van der Waals surface area (Å²) in [7, 11) is 0. The number of hydrogen-bond donors (Lipinski definition) is 2. The van der Waals surface area contributed by atoms with Crippen LogP contribution in [0.3, 0.4) is 0 Å². The number of fused-ring (bicyclic) bond motifs is 1. The van der Waals surface area contributed by atoms with E-state index in [9.17, 15) is 19.5 Å². The molecule has 4 atom stereocenters. The Bertz CT molecular complexity index is 735. The fourth-order valence-electron chi connectivity index (χ4n) is 3.89. The van der Waals surface area contributed by atoms with Crippen molar-refractivity contribution in [2.75, 3.05) is 11.4 Å². The largest absolute Gasteiger partial charge is 0.391 e. The van der Waals surface area contributed by atoms with Crippen molar-refractivity contribution >= 4 is 23.4 Å². The molecule has 1 saturated heterocycles. The molecule has 0 saturated carbocycles. The van der Waals surface area contributed by atoms with Gasteiger partial charge in [0.25, 0.3) is 0 Å². The summed E-state index contributed by atoms with van der Waals surface area (Å²) in [4.78, 5) is 40.3. The maximum Gasteiger partial charge on any atom is 0.249 e. The van der Waals surface area contributed by atoms with Crippen molar-refractivity contribution in [3.05, 3.63) is 29.8 Å². The first-order valence-corrected chi connectivity index (χ1v) is 8.96. The van der Waals surface area contributed by atoms with Gasteiger partial charge >= 0.3 is 0 Å². The van der Waals surface area contributed by atoms with E-state index in [1.165, 1.54) is 11.8 Å². The van der Waals surface area contributed by atoms with Crippen molar-refractivity contribution in [1.29, 1.82) is 0 Å². The maximum atomic E-state index is 12.9. The summed E-state index contributed by atoms with van der Waals surface area (Å²) in [6.07, 6.45) is 0.260. The highest BCUT2D eigenvalue weighted by Crippen LogP contribution is 2.32. The standard InChI is InChI=1S/C19H25N3O4/c1-11-8-14-6-4-5-7-16(14)22(11)19(26)12(2)20-18(25)17-9-15(24)10-21(17)13(3)23/h4-7,11-12,15,17,24H,8-10H2,1-3H3,(H,20,25)/t11?,12?,15-,17+/m0/s1. The number of hydrogen-bond acceptors (Lipinski definition) is 4. The third-order valence-corrected chi connectivity index (χ3v) is 5.16. The Hall–Kier alpha value is -2.41. The van der Waals surface area contributed by atoms with E-state index in [2.05, 4.69) is 5.32 Å². The number of likely N-dealkylation sites (tertiary alicyclic amines) is 1. The van der Waals surface area contributed by atoms with Crippen LogP contribution in [0.1, 0.15) is 32.8 Å². The molecule has 2 N–H and O–H groups in total. The molecule has 26 heavy (non-hydrogen) atoms. The van der Waals surface area contributed by atoms with E-state index in [-0.39, 0.29) is 30.8 Å². The van der Waals surface area contributed by atoms with E-state index in [1.807, 2.05) is 31.2 Å². The van der Waals surface area contributed by atoms with Gasteiger partial charge in [-0.1, -0.05) is 18.2 Å². The lowest BCUT2D eigenvalue weighted by Crippen LogP contribution is -2.53. The quantitative estimate of drug-likeness (QED) is 0.820. The molecule has 0 spiro atoms. The van der Waals surface area contributed by atoms with Crippen LogP contribution in [0, 0.1) is 0 Å². The number of aliphatic hydroxyl groups is 1. The zero-order chi connectivity index (χ0) is 19.0. The summed E-state index contributed by atoms with van der Waals surface area (Å²) in [6, 6.07) is 6.34. The molecule has 2 aliphatic heterocycles. The van der Waals surface area contributed by atoms with Gasteiger partial charge in [0.1, 0.15) is 12.1 Å². The number of carbonyl (C=O) groups excluding carboxylic acids is 3. The van der Waals surface area contributed by atoms with Crippen molar-refractivity contribution in [1.82, 2.24) is 10.2 Å². The molecule has 0 bridgehead atoms. The van der Waals surface area contributed by atoms with Crippen LogP contribution < -0.4 is 10.2 Å². The number of carbonyl (C=O) groups is 3. The molecule has 0 aromatic heterocycles. The molecule has 0 aliphatic carbocycles. The molecule has 2 heterocycles. The van der Waals surface area contributed by atoms with Crippen molar-refractivity contribution in [2.24, 2.45) is 0 Å². The van der Waals surface area contributed by atoms with Crippen LogP contribution >= 0.6 is 0 Å². The number of nitrogens with one attached hydrogen (secondary N) is 1. The van der Waals surface area contributed by atoms with Crippen molar-refractivity contribution < 1.29 is 19.5 Å². The molecule has 140 valence electrons. The number of rotatable bonds is 3. The summed E-state index contributed by atoms with van der Waals surface area (Å²) in [5.74, 6) is -0.843. The van der Waals surface area contributed by atoms with Crippen molar-refractivity contribution in [2.45, 2.75) is 57.8 Å². The fourth-order valence-corrected chi connectivity index (χ4v) is 3.89. The molecule has 0 radical (unpaired) electrons. The second-order valence-electron chi connectivity index (χ2n) is 7.20. The highest BCUT2D eigenvalue weighted by atomic mass is 16.3. The third-order valence-electron chi connectivity index (χ3n) is 5.16. The number of anilines is 1. The Labute approximate surface area is 153 Å². The predicted octanol–water partition coefficient (Wildman–Crippen LogP) is 0.451. The Morgan fingerprint density at radius 1 is 1.27 bits per heavy atom. The van der Waals surface area contributed by atoms with E-state index in [0.717, 1.165) is 17.7 Å². The zero-order valence-corrected chi connectivity index (χ0v) is 15.3. The fraction of sp³-hybridized carbons (Fsp3) is 0.526. The van der Waals surface area contributed by atoms with Gasteiger partial charge in [0.05, 0.1) is 6.10 Å². The minimum absolute atomic E-state index is 0.0290. The van der Waals surface area contributed by atoms with E-state index in [1.54, 1.807) is 11.8 Å².